The first-order valence-corrected chi connectivity index (χ1v) is 4.14. The van der Waals surface area contributed by atoms with Gasteiger partial charge in [0, 0.05) is 31.1 Å². The highest BCUT2D eigenvalue weighted by Crippen LogP contribution is 2.22. The Balaban J connectivity index is 2.57. The monoisotopic (exact) mass is 192 g/mol. The molecule has 0 unspecified atom stereocenters. The number of imidazole rings is 1. The molecule has 2 aromatic rings. The molecule has 0 aliphatic rings. The van der Waals surface area contributed by atoms with Gasteiger partial charge in [-0.3, -0.25) is 0 Å². The van der Waals surface area contributed by atoms with Crippen LogP contribution in [0.15, 0.2) is 30.6 Å². The van der Waals surface area contributed by atoms with Crippen LogP contribution < -0.4 is 0 Å². The molecule has 1 heterocycles. The Hall–Kier alpha value is -1.84. The summed E-state index contributed by atoms with van der Waals surface area (Å²) in [5.74, 6) is 0.0609. The van der Waals surface area contributed by atoms with Crippen LogP contribution in [0.4, 0.5) is 4.39 Å². The Kier molecular flexibility index (Phi) is 1.96. The molecule has 0 aliphatic heterocycles. The van der Waals surface area contributed by atoms with Crippen LogP contribution in [-0.4, -0.2) is 14.7 Å². The minimum Gasteiger partial charge on any atom is -0.508 e. The molecule has 0 saturated heterocycles. The normalized spacial score (nSPS) is 10.4. The number of hydrogen-bond acceptors (Lipinski definition) is 2. The third-order valence-corrected chi connectivity index (χ3v) is 1.96. The zero-order valence-electron chi connectivity index (χ0n) is 7.61. The van der Waals surface area contributed by atoms with Crippen molar-refractivity contribution < 1.29 is 9.50 Å². The molecule has 2 rings (SSSR count). The minimum atomic E-state index is -0.469. The van der Waals surface area contributed by atoms with E-state index in [0.717, 1.165) is 6.07 Å². The average Bonchev–Trinajstić information content (AvgIpc) is 2.49. The molecule has 1 aromatic heterocycles. The van der Waals surface area contributed by atoms with Crippen LogP contribution in [0.25, 0.3) is 11.4 Å². The molecular formula is C10H9FN2O. The molecule has 0 spiro atoms. The van der Waals surface area contributed by atoms with Crippen molar-refractivity contribution in [1.29, 1.82) is 0 Å². The van der Waals surface area contributed by atoms with E-state index in [4.69, 9.17) is 0 Å². The maximum atomic E-state index is 13.0. The number of aromatic hydroxyl groups is 1. The molecular weight excluding hydrogens is 183 g/mol. The summed E-state index contributed by atoms with van der Waals surface area (Å²) in [5, 5.41) is 9.21. The van der Waals surface area contributed by atoms with Crippen LogP contribution in [0.2, 0.25) is 0 Å². The van der Waals surface area contributed by atoms with Crippen LogP contribution >= 0.6 is 0 Å². The number of halogens is 1. The molecule has 3 nitrogen and oxygen atoms in total. The van der Waals surface area contributed by atoms with Gasteiger partial charge in [-0.05, 0) is 12.1 Å². The highest BCUT2D eigenvalue weighted by molar-refractivity contribution is 5.58. The Bertz CT molecular complexity index is 445. The van der Waals surface area contributed by atoms with E-state index >= 15 is 0 Å². The van der Waals surface area contributed by atoms with Gasteiger partial charge in [-0.15, -0.1) is 0 Å². The lowest BCUT2D eigenvalue weighted by molar-refractivity contribution is 0.469. The van der Waals surface area contributed by atoms with E-state index in [-0.39, 0.29) is 5.75 Å². The summed E-state index contributed by atoms with van der Waals surface area (Å²) in [4.78, 5) is 4.05. The van der Waals surface area contributed by atoms with E-state index in [0.29, 0.717) is 11.4 Å². The van der Waals surface area contributed by atoms with Gasteiger partial charge in [0.05, 0.1) is 0 Å². The summed E-state index contributed by atoms with van der Waals surface area (Å²) in [7, 11) is 1.81. The Morgan fingerprint density at radius 2 is 2.14 bits per heavy atom. The molecule has 0 saturated carbocycles. The molecule has 14 heavy (non-hydrogen) atoms. The first kappa shape index (κ1) is 8.74. The SMILES string of the molecule is Cn1ccnc1-c1cc(O)cc(F)c1. The van der Waals surface area contributed by atoms with Crippen LogP contribution in [0.3, 0.4) is 0 Å². The first-order valence-electron chi connectivity index (χ1n) is 4.14. The highest BCUT2D eigenvalue weighted by Gasteiger charge is 2.06. The van der Waals surface area contributed by atoms with Gasteiger partial charge in [0.2, 0.25) is 0 Å². The summed E-state index contributed by atoms with van der Waals surface area (Å²) in [6, 6.07) is 3.87. The quantitative estimate of drug-likeness (QED) is 0.749. The largest absolute Gasteiger partial charge is 0.508 e. The van der Waals surface area contributed by atoms with E-state index in [2.05, 4.69) is 4.98 Å². The lowest BCUT2D eigenvalue weighted by atomic mass is 10.2. The van der Waals surface area contributed by atoms with Crippen molar-refractivity contribution >= 4 is 0 Å². The summed E-state index contributed by atoms with van der Waals surface area (Å²) in [6.07, 6.45) is 3.38. The van der Waals surface area contributed by atoms with Gasteiger partial charge < -0.3 is 9.67 Å². The first-order chi connectivity index (χ1) is 6.66. The Morgan fingerprint density at radius 3 is 2.71 bits per heavy atom. The van der Waals surface area contributed by atoms with Crippen LogP contribution in [-0.2, 0) is 7.05 Å². The maximum Gasteiger partial charge on any atom is 0.139 e. The van der Waals surface area contributed by atoms with Gasteiger partial charge in [-0.1, -0.05) is 0 Å². The molecule has 72 valence electrons. The fraction of sp³-hybridized carbons (Fsp3) is 0.100. The molecule has 0 fully saturated rings. The Morgan fingerprint density at radius 1 is 1.36 bits per heavy atom. The molecule has 1 aromatic carbocycles. The second-order valence-corrected chi connectivity index (χ2v) is 3.06. The molecule has 0 radical (unpaired) electrons. The van der Waals surface area contributed by atoms with Gasteiger partial charge in [0.1, 0.15) is 17.4 Å². The van der Waals surface area contributed by atoms with E-state index in [1.165, 1.54) is 12.1 Å². The van der Waals surface area contributed by atoms with Crippen molar-refractivity contribution in [2.75, 3.05) is 0 Å². The van der Waals surface area contributed by atoms with Gasteiger partial charge in [-0.2, -0.15) is 0 Å². The lowest BCUT2D eigenvalue weighted by Gasteiger charge is -2.02. The summed E-state index contributed by atoms with van der Waals surface area (Å²) >= 11 is 0. The molecule has 4 heteroatoms. The molecule has 0 atom stereocenters. The number of aromatic nitrogens is 2. The van der Waals surface area contributed by atoms with Crippen molar-refractivity contribution in [1.82, 2.24) is 9.55 Å². The van der Waals surface area contributed by atoms with Crippen molar-refractivity contribution in [2.45, 2.75) is 0 Å². The third-order valence-electron chi connectivity index (χ3n) is 1.96. The number of phenols is 1. The van der Waals surface area contributed by atoms with Gasteiger partial charge in [-0.25, -0.2) is 9.37 Å². The van der Waals surface area contributed by atoms with Gasteiger partial charge >= 0.3 is 0 Å². The van der Waals surface area contributed by atoms with E-state index in [1.807, 2.05) is 7.05 Å². The fourth-order valence-electron chi connectivity index (χ4n) is 1.35. The molecule has 0 bridgehead atoms. The predicted molar refractivity (Wildman–Crippen MR) is 50.3 cm³/mol. The number of hydrogen-bond donors (Lipinski definition) is 1. The number of benzene rings is 1. The van der Waals surface area contributed by atoms with E-state index in [1.54, 1.807) is 17.0 Å². The summed E-state index contributed by atoms with van der Waals surface area (Å²) in [5.41, 5.74) is 0.565. The number of phenolic OH excluding ortho intramolecular Hbond substituents is 1. The van der Waals surface area contributed by atoms with Gasteiger partial charge in [0.15, 0.2) is 0 Å². The second kappa shape index (κ2) is 3.14. The molecule has 0 amide bonds. The zero-order valence-corrected chi connectivity index (χ0v) is 7.61. The third kappa shape index (κ3) is 1.46. The topological polar surface area (TPSA) is 38.0 Å². The summed E-state index contributed by atoms with van der Waals surface area (Å²) in [6.45, 7) is 0. The smallest absolute Gasteiger partial charge is 0.139 e. The van der Waals surface area contributed by atoms with Crippen molar-refractivity contribution in [3.63, 3.8) is 0 Å². The van der Waals surface area contributed by atoms with Crippen molar-refractivity contribution in [2.24, 2.45) is 7.05 Å². The van der Waals surface area contributed by atoms with Crippen LogP contribution in [0.5, 0.6) is 5.75 Å². The van der Waals surface area contributed by atoms with Crippen LogP contribution in [0.1, 0.15) is 0 Å². The minimum absolute atomic E-state index is 0.0944. The summed E-state index contributed by atoms with van der Waals surface area (Å²) < 4.78 is 14.7. The predicted octanol–water partition coefficient (Wildman–Crippen LogP) is 1.93. The van der Waals surface area contributed by atoms with Crippen molar-refractivity contribution in [3.05, 3.63) is 36.4 Å². The van der Waals surface area contributed by atoms with Crippen LogP contribution in [0, 0.1) is 5.82 Å². The highest BCUT2D eigenvalue weighted by atomic mass is 19.1. The van der Waals surface area contributed by atoms with E-state index in [9.17, 15) is 9.50 Å². The Labute approximate surface area is 80.5 Å². The maximum absolute atomic E-state index is 13.0. The molecule has 0 aliphatic carbocycles. The second-order valence-electron chi connectivity index (χ2n) is 3.06. The standard InChI is InChI=1S/C10H9FN2O/c1-13-3-2-12-10(13)7-4-8(11)6-9(14)5-7/h2-6,14H,1H3. The average molecular weight is 192 g/mol. The zero-order chi connectivity index (χ0) is 10.1. The molecule has 1 N–H and O–H groups in total. The number of aryl methyl sites for hydroxylation is 1. The number of rotatable bonds is 1. The van der Waals surface area contributed by atoms with Crippen molar-refractivity contribution in [3.8, 4) is 17.1 Å². The lowest BCUT2D eigenvalue weighted by Crippen LogP contribution is -1.91. The van der Waals surface area contributed by atoms with E-state index < -0.39 is 5.82 Å². The fourth-order valence-corrected chi connectivity index (χ4v) is 1.35. The van der Waals surface area contributed by atoms with Gasteiger partial charge in [0.25, 0.3) is 0 Å². The number of nitrogens with zero attached hydrogens (tertiary/aromatic N) is 2.